The largest absolute Gasteiger partial charge is 0.458 e. The van der Waals surface area contributed by atoms with Crippen LogP contribution in [0.25, 0.3) is 106 Å². The Labute approximate surface area is 588 Å². The predicted molar refractivity (Wildman–Crippen MR) is 378 cm³/mol. The van der Waals surface area contributed by atoms with Crippen molar-refractivity contribution in [2.24, 2.45) is 0 Å². The van der Waals surface area contributed by atoms with Crippen LogP contribution in [0.4, 0.5) is 0 Å². The lowest BCUT2D eigenvalue weighted by Crippen LogP contribution is -2.76. The highest BCUT2D eigenvalue weighted by Crippen LogP contribution is 2.39. The van der Waals surface area contributed by atoms with Crippen molar-refractivity contribution < 1.29 is 65.5 Å². The molecule has 0 aliphatic heterocycles. The topological polar surface area (TPSA) is 35.9 Å². The normalized spacial score (nSPS) is 18.0. The zero-order chi connectivity index (χ0) is 96.2. The van der Waals surface area contributed by atoms with Crippen LogP contribution in [0.3, 0.4) is 0 Å². The van der Waals surface area contributed by atoms with Crippen molar-refractivity contribution in [3.05, 3.63) is 357 Å². The molecule has 91 heavy (non-hydrogen) atoms. The van der Waals surface area contributed by atoms with E-state index in [1.54, 1.807) is 47.0 Å². The standard InChI is InChI=1S/C85H60N4OSi/c1-60-51-84(86-58-78(60)64-33-15-5-16-34-64)89-79-45-24-23-43-76(79)77-49-48-71(57-81(77)89)90-70-36-25-35-69(56-70)87-59-88(80-50-47-65(55-82(80)87)61-27-9-2-10-28-61)85-75(68-53-66(62-29-11-3-12-30-62)52-67(54-68)63-31-13-4-14-32-63)44-26-46-83(85)91(72-37-17-6-18-38-72,73-39-19-7-20-40-73)74-41-21-8-22-42-74/h2-58H,1H3/i1D3,2D,3D,4D,5D,6D,7D,8D,9D,10D,11D,12D,13D,14D,15D,16D,17D,18D,19D,20D,21D,22D,27D,28D,29D,30D,31D,32D,33D,34D,37D,38D,39D,40D,41D,42D,52D,53D,54D. The molecule has 0 aliphatic rings. The number of hydrogen-bond donors (Lipinski definition) is 0. The highest BCUT2D eigenvalue weighted by Gasteiger charge is 2.44. The first-order valence-corrected chi connectivity index (χ1v) is 29.6. The van der Waals surface area contributed by atoms with Gasteiger partial charge in [0, 0.05) is 32.7 Å². The fraction of sp³-hybridized carbons (Fsp3) is 0.0118. The van der Waals surface area contributed by atoms with Gasteiger partial charge in [0.05, 0.1) is 85.5 Å². The molecule has 0 N–H and O–H groups in total. The minimum absolute atomic E-state index is 0.0243. The van der Waals surface area contributed by atoms with Crippen LogP contribution >= 0.6 is 0 Å². The lowest BCUT2D eigenvalue weighted by Gasteiger charge is -2.37. The quantitative estimate of drug-likeness (QED) is 0.0471. The Morgan fingerprint density at radius 2 is 0.967 bits per heavy atom. The van der Waals surface area contributed by atoms with Crippen LogP contribution in [-0.4, -0.2) is 22.2 Å². The molecule has 16 aromatic rings. The minimum atomic E-state index is -6.65. The van der Waals surface area contributed by atoms with E-state index in [4.69, 9.17) is 32.2 Å². The summed E-state index contributed by atoms with van der Waals surface area (Å²) in [6.45, 7) is -3.01. The molecular formula is C85H60N4OSi. The van der Waals surface area contributed by atoms with E-state index in [0.717, 1.165) is 29.0 Å². The predicted octanol–water partition coefficient (Wildman–Crippen LogP) is 18.0. The van der Waals surface area contributed by atoms with Gasteiger partial charge in [-0.05, 0) is 150 Å². The Bertz CT molecular complexity index is 7390. The number of para-hydroxylation sites is 2. The Morgan fingerprint density at radius 3 is 1.58 bits per heavy atom. The number of aryl methyl sites for hydroxylation is 1. The second kappa shape index (κ2) is 23.4. The van der Waals surface area contributed by atoms with Gasteiger partial charge in [-0.3, -0.25) is 13.7 Å². The van der Waals surface area contributed by atoms with Crippen molar-refractivity contribution in [3.63, 3.8) is 0 Å². The maximum atomic E-state index is 10.7. The van der Waals surface area contributed by atoms with Gasteiger partial charge in [-0.2, -0.15) is 0 Å². The first kappa shape index (κ1) is 26.6. The molecule has 3 aromatic heterocycles. The number of fused-ring (bicyclic) bond motifs is 4. The van der Waals surface area contributed by atoms with Crippen LogP contribution in [0.1, 0.15) is 61.8 Å². The summed E-state index contributed by atoms with van der Waals surface area (Å²) in [5.41, 5.74) is -8.09. The monoisotopic (exact) mass is 1220 g/mol. The minimum Gasteiger partial charge on any atom is -0.458 e. The van der Waals surface area contributed by atoms with Crippen molar-refractivity contribution in [1.82, 2.24) is 14.1 Å². The van der Waals surface area contributed by atoms with Crippen molar-refractivity contribution >= 4 is 61.7 Å². The summed E-state index contributed by atoms with van der Waals surface area (Å²) >= 11 is 0. The molecule has 0 radical (unpaired) electrons. The number of pyridine rings is 1. The summed E-state index contributed by atoms with van der Waals surface area (Å²) in [6, 6.07) is -14.9. The average Bonchev–Trinajstić information content (AvgIpc) is 0.825. The number of nitrogens with zero attached hydrogens (tertiary/aromatic N) is 4. The van der Waals surface area contributed by atoms with E-state index in [1.807, 2.05) is 0 Å². The number of rotatable bonds is 14. The summed E-state index contributed by atoms with van der Waals surface area (Å²) in [7, 11) is -6.65. The van der Waals surface area contributed by atoms with Gasteiger partial charge in [0.15, 0.2) is 8.07 Å². The van der Waals surface area contributed by atoms with Crippen molar-refractivity contribution in [3.8, 4) is 84.3 Å². The summed E-state index contributed by atoms with van der Waals surface area (Å²) in [6.07, 6.45) is 4.33. The first-order chi connectivity index (χ1) is 62.0. The highest BCUT2D eigenvalue weighted by atomic mass is 28.3. The molecule has 16 rings (SSSR count). The van der Waals surface area contributed by atoms with Gasteiger partial charge in [-0.1, -0.05) is 266 Å². The van der Waals surface area contributed by atoms with E-state index in [-0.39, 0.29) is 45.2 Å². The molecular weight excluding hydrogens is 1120 g/mol. The Morgan fingerprint density at radius 1 is 0.429 bits per heavy atom. The summed E-state index contributed by atoms with van der Waals surface area (Å²) in [4.78, 5) is 4.68. The third-order valence-corrected chi connectivity index (χ3v) is 19.3. The number of hydrogen-bond acceptors (Lipinski definition) is 2. The number of aromatic nitrogens is 4. The third kappa shape index (κ3) is 9.92. The first-order valence-electron chi connectivity index (χ1n) is 48.1. The zero-order valence-corrected chi connectivity index (χ0v) is 47.7. The molecule has 0 saturated carbocycles. The van der Waals surface area contributed by atoms with E-state index in [2.05, 4.69) is 11.3 Å². The Hall–Kier alpha value is -11.7. The van der Waals surface area contributed by atoms with Crippen LogP contribution in [0.2, 0.25) is 0 Å². The molecule has 13 aromatic carbocycles. The molecule has 0 saturated heterocycles. The molecule has 6 heteroatoms. The number of ether oxygens (including phenoxy) is 1. The van der Waals surface area contributed by atoms with Crippen LogP contribution in [0.15, 0.2) is 345 Å². The van der Waals surface area contributed by atoms with E-state index in [1.165, 1.54) is 53.1 Å². The van der Waals surface area contributed by atoms with Gasteiger partial charge in [-0.15, -0.1) is 0 Å². The molecule has 0 amide bonds. The lowest BCUT2D eigenvalue weighted by atomic mass is 9.92. The number of benzene rings is 13. The van der Waals surface area contributed by atoms with Crippen molar-refractivity contribution in [2.45, 2.75) is 6.85 Å². The van der Waals surface area contributed by atoms with Crippen LogP contribution in [0, 0.1) is 13.2 Å². The highest BCUT2D eigenvalue weighted by molar-refractivity contribution is 7.20. The third-order valence-electron chi connectivity index (χ3n) is 15.1. The van der Waals surface area contributed by atoms with Gasteiger partial charge >= 0.3 is 0 Å². The molecule has 0 aliphatic carbocycles. The maximum absolute atomic E-state index is 10.7. The molecule has 0 fully saturated rings. The molecule has 5 nitrogen and oxygen atoms in total. The Balaban J connectivity index is 1.08. The van der Waals surface area contributed by atoms with E-state index in [0.29, 0.717) is 21.8 Å². The smallest absolute Gasteiger partial charge is 0.269 e. The maximum Gasteiger partial charge on any atom is 0.269 e. The van der Waals surface area contributed by atoms with Gasteiger partial charge in [-0.25, -0.2) is 4.98 Å². The van der Waals surface area contributed by atoms with Gasteiger partial charge < -0.3 is 4.74 Å². The van der Waals surface area contributed by atoms with E-state index >= 15 is 0 Å². The van der Waals surface area contributed by atoms with Crippen molar-refractivity contribution in [2.75, 3.05) is 0 Å². The fourth-order valence-corrected chi connectivity index (χ4v) is 15.2. The van der Waals surface area contributed by atoms with Crippen LogP contribution in [0.5, 0.6) is 11.5 Å². The summed E-state index contributed by atoms with van der Waals surface area (Å²) in [5, 5.41) is -2.98. The van der Waals surface area contributed by atoms with Crippen LogP contribution < -0.4 is 30.1 Å². The van der Waals surface area contributed by atoms with E-state index in [9.17, 15) is 28.8 Å². The average molecular weight is 1220 g/mol. The van der Waals surface area contributed by atoms with Gasteiger partial charge in [0.1, 0.15) is 17.3 Å². The van der Waals surface area contributed by atoms with Gasteiger partial charge in [0.25, 0.3) is 6.33 Å². The second-order valence-electron chi connectivity index (χ2n) is 20.1. The van der Waals surface area contributed by atoms with Crippen molar-refractivity contribution in [1.29, 1.82) is 0 Å². The number of imidazole rings is 1. The summed E-state index contributed by atoms with van der Waals surface area (Å²) in [5.74, 6) is -0.0394. The summed E-state index contributed by atoms with van der Waals surface area (Å²) < 4.78 is 393. The fourth-order valence-electron chi connectivity index (χ4n) is 11.2. The SMILES string of the molecule is [2H]c1c([2H])c([2H])c(-c2ccc3c(c2)n(-c2cccc(Oc4ccc5c6ccccc6n(-c6cc(C([2H])([2H])[2H])c(-c7c([2H])c([2H])c([2H])c([2H])c7[2H])cn6)c5c4)c2)[c-][n+]3-c2c(-c3c([2H])c(-c4c([2H])c([2H])c([2H])c([2H])c4[2H])c([2H])c(-c4c([2H])c([2H])c([2H])c([2H])c4[2H])c3[2H])cccc2[Si](c2c([2H])c([2H])c([2H])c([2H])c2[2H])(c2c([2H])c([2H])c([2H])c([2H])c2[2H])c2c([2H])c([2H])c([2H])c([2H])c2[2H])c([2H])c1[2H]. The molecule has 3 heterocycles. The van der Waals surface area contributed by atoms with Gasteiger partial charge in [0.2, 0.25) is 0 Å². The molecule has 0 bridgehead atoms. The molecule has 0 atom stereocenters. The lowest BCUT2D eigenvalue weighted by molar-refractivity contribution is -0.570. The molecule has 430 valence electrons. The van der Waals surface area contributed by atoms with Crippen LogP contribution in [-0.2, 0) is 0 Å². The molecule has 0 unspecified atom stereocenters. The van der Waals surface area contributed by atoms with E-state index < -0.39 is 321 Å². The Kier molecular flexibility index (Phi) is 6.84. The second-order valence-corrected chi connectivity index (χ2v) is 23.7. The molecule has 0 spiro atoms. The zero-order valence-electron chi connectivity index (χ0n) is 87.7.